The van der Waals surface area contributed by atoms with Gasteiger partial charge >= 0.3 is 0 Å². The maximum Gasteiger partial charge on any atom is 0.234 e. The van der Waals surface area contributed by atoms with Gasteiger partial charge in [-0.2, -0.15) is 11.3 Å². The summed E-state index contributed by atoms with van der Waals surface area (Å²) in [6.45, 7) is 4.51. The molecule has 0 aliphatic carbocycles. The second-order valence-electron chi connectivity index (χ2n) is 4.76. The number of rotatable bonds is 5. The largest absolute Gasteiger partial charge is 0.387 e. The van der Waals surface area contributed by atoms with Crippen LogP contribution in [0, 0.1) is 0 Å². The van der Waals surface area contributed by atoms with Crippen LogP contribution in [0.1, 0.15) is 18.1 Å². The number of thiophene rings is 1. The van der Waals surface area contributed by atoms with Gasteiger partial charge in [-0.05, 0) is 41.9 Å². The summed E-state index contributed by atoms with van der Waals surface area (Å²) < 4.78 is 0. The fourth-order valence-corrected chi connectivity index (χ4v) is 2.82. The molecule has 1 aromatic rings. The number of amides is 1. The van der Waals surface area contributed by atoms with Gasteiger partial charge in [0.05, 0.1) is 12.6 Å². The van der Waals surface area contributed by atoms with Gasteiger partial charge in [0.25, 0.3) is 0 Å². The Morgan fingerprint density at radius 3 is 3.21 bits per heavy atom. The molecule has 1 fully saturated rings. The Bertz CT molecular complexity index is 375. The van der Waals surface area contributed by atoms with E-state index in [0.29, 0.717) is 6.54 Å². The first-order chi connectivity index (χ1) is 9.25. The van der Waals surface area contributed by atoms with E-state index in [4.69, 9.17) is 0 Å². The van der Waals surface area contributed by atoms with Gasteiger partial charge in [-0.1, -0.05) is 0 Å². The second kappa shape index (κ2) is 7.59. The van der Waals surface area contributed by atoms with Crippen LogP contribution in [-0.2, 0) is 4.79 Å². The number of aliphatic hydroxyl groups is 1. The fraction of sp³-hybridized carbons (Fsp3) is 0.615. The van der Waals surface area contributed by atoms with Crippen LogP contribution in [0.25, 0.3) is 0 Å². The minimum atomic E-state index is -0.610. The molecule has 5 nitrogen and oxygen atoms in total. The van der Waals surface area contributed by atoms with Crippen LogP contribution >= 0.6 is 11.3 Å². The maximum absolute atomic E-state index is 11.8. The smallest absolute Gasteiger partial charge is 0.234 e. The average molecular weight is 283 g/mol. The molecule has 1 saturated heterocycles. The van der Waals surface area contributed by atoms with Crippen molar-refractivity contribution in [1.82, 2.24) is 15.5 Å². The standard InChI is InChI=1S/C13H21N3O2S/c17-12(11-2-7-19-10-11)8-15-13(18)9-16-5-1-3-14-4-6-16/h2,7,10,12,14,17H,1,3-6,8-9H2,(H,15,18). The zero-order valence-corrected chi connectivity index (χ0v) is 11.8. The molecule has 1 aromatic heterocycles. The van der Waals surface area contributed by atoms with E-state index in [2.05, 4.69) is 15.5 Å². The molecule has 2 rings (SSSR count). The molecule has 106 valence electrons. The lowest BCUT2D eigenvalue weighted by Gasteiger charge is -2.19. The molecule has 0 saturated carbocycles. The van der Waals surface area contributed by atoms with Crippen molar-refractivity contribution >= 4 is 17.2 Å². The average Bonchev–Trinajstić information content (AvgIpc) is 2.82. The van der Waals surface area contributed by atoms with Crippen LogP contribution in [0.4, 0.5) is 0 Å². The van der Waals surface area contributed by atoms with Crippen LogP contribution in [0.2, 0.25) is 0 Å². The van der Waals surface area contributed by atoms with E-state index in [1.807, 2.05) is 16.8 Å². The van der Waals surface area contributed by atoms with E-state index in [0.717, 1.165) is 38.2 Å². The molecule has 1 amide bonds. The normalized spacial score (nSPS) is 18.8. The predicted octanol–water partition coefficient (Wildman–Crippen LogP) is 0.193. The third-order valence-corrected chi connectivity index (χ3v) is 3.92. The summed E-state index contributed by atoms with van der Waals surface area (Å²) in [5, 5.41) is 19.8. The molecule has 0 radical (unpaired) electrons. The van der Waals surface area contributed by atoms with Crippen molar-refractivity contribution in [1.29, 1.82) is 0 Å². The number of carbonyl (C=O) groups is 1. The first-order valence-electron chi connectivity index (χ1n) is 6.65. The zero-order valence-electron chi connectivity index (χ0n) is 11.0. The number of aliphatic hydroxyl groups excluding tert-OH is 1. The third kappa shape index (κ3) is 4.91. The molecule has 0 bridgehead atoms. The molecule has 0 spiro atoms. The van der Waals surface area contributed by atoms with Gasteiger partial charge in [0, 0.05) is 19.6 Å². The van der Waals surface area contributed by atoms with Crippen molar-refractivity contribution in [2.45, 2.75) is 12.5 Å². The molecule has 1 unspecified atom stereocenters. The van der Waals surface area contributed by atoms with Crippen LogP contribution in [0.15, 0.2) is 16.8 Å². The van der Waals surface area contributed by atoms with Crippen LogP contribution in [-0.4, -0.2) is 55.2 Å². The van der Waals surface area contributed by atoms with E-state index in [1.54, 1.807) is 11.3 Å². The van der Waals surface area contributed by atoms with Gasteiger partial charge in [0.2, 0.25) is 5.91 Å². The van der Waals surface area contributed by atoms with Crippen molar-refractivity contribution in [3.8, 4) is 0 Å². The molecule has 3 N–H and O–H groups in total. The molecular weight excluding hydrogens is 262 g/mol. The van der Waals surface area contributed by atoms with E-state index >= 15 is 0 Å². The van der Waals surface area contributed by atoms with Gasteiger partial charge in [-0.3, -0.25) is 9.69 Å². The van der Waals surface area contributed by atoms with Gasteiger partial charge in [0.1, 0.15) is 0 Å². The summed E-state index contributed by atoms with van der Waals surface area (Å²) in [7, 11) is 0. The van der Waals surface area contributed by atoms with Crippen molar-refractivity contribution < 1.29 is 9.90 Å². The number of hydrogen-bond acceptors (Lipinski definition) is 5. The fourth-order valence-electron chi connectivity index (χ4n) is 2.11. The van der Waals surface area contributed by atoms with E-state index in [1.165, 1.54) is 0 Å². The quantitative estimate of drug-likeness (QED) is 0.722. The first kappa shape index (κ1) is 14.5. The van der Waals surface area contributed by atoms with Crippen LogP contribution in [0.3, 0.4) is 0 Å². The number of nitrogens with zero attached hydrogens (tertiary/aromatic N) is 1. The van der Waals surface area contributed by atoms with Gasteiger partial charge < -0.3 is 15.7 Å². The second-order valence-corrected chi connectivity index (χ2v) is 5.54. The molecule has 19 heavy (non-hydrogen) atoms. The maximum atomic E-state index is 11.8. The summed E-state index contributed by atoms with van der Waals surface area (Å²) in [6.07, 6.45) is 0.464. The number of hydrogen-bond donors (Lipinski definition) is 3. The molecule has 1 aliphatic rings. The Labute approximate surface area is 117 Å². The topological polar surface area (TPSA) is 64.6 Å². The highest BCUT2D eigenvalue weighted by molar-refractivity contribution is 7.07. The van der Waals surface area contributed by atoms with Crippen molar-refractivity contribution in [2.75, 3.05) is 39.3 Å². The molecule has 2 heterocycles. The predicted molar refractivity (Wildman–Crippen MR) is 76.2 cm³/mol. The Hall–Kier alpha value is -0.950. The molecule has 0 aromatic carbocycles. The Kier molecular flexibility index (Phi) is 5.78. The van der Waals surface area contributed by atoms with Crippen LogP contribution in [0.5, 0.6) is 0 Å². The van der Waals surface area contributed by atoms with Gasteiger partial charge in [-0.25, -0.2) is 0 Å². The van der Waals surface area contributed by atoms with Crippen molar-refractivity contribution in [3.63, 3.8) is 0 Å². The summed E-state index contributed by atoms with van der Waals surface area (Å²) in [5.74, 6) is -0.0174. The van der Waals surface area contributed by atoms with Crippen LogP contribution < -0.4 is 10.6 Å². The number of nitrogens with one attached hydrogen (secondary N) is 2. The summed E-state index contributed by atoms with van der Waals surface area (Å²) in [6, 6.07) is 1.88. The highest BCUT2D eigenvalue weighted by Crippen LogP contribution is 2.14. The zero-order chi connectivity index (χ0) is 13.5. The van der Waals surface area contributed by atoms with Gasteiger partial charge in [0.15, 0.2) is 0 Å². The lowest BCUT2D eigenvalue weighted by atomic mass is 10.2. The molecule has 6 heteroatoms. The Morgan fingerprint density at radius 1 is 1.53 bits per heavy atom. The van der Waals surface area contributed by atoms with E-state index in [-0.39, 0.29) is 12.5 Å². The van der Waals surface area contributed by atoms with Gasteiger partial charge in [-0.15, -0.1) is 0 Å². The highest BCUT2D eigenvalue weighted by atomic mass is 32.1. The Morgan fingerprint density at radius 2 is 2.42 bits per heavy atom. The monoisotopic (exact) mass is 283 g/mol. The first-order valence-corrected chi connectivity index (χ1v) is 7.60. The summed E-state index contributed by atoms with van der Waals surface area (Å²) in [5.41, 5.74) is 0.865. The molecular formula is C13H21N3O2S. The number of carbonyl (C=O) groups excluding carboxylic acids is 1. The van der Waals surface area contributed by atoms with Crippen molar-refractivity contribution in [2.24, 2.45) is 0 Å². The summed E-state index contributed by atoms with van der Waals surface area (Å²) in [4.78, 5) is 14.0. The SMILES string of the molecule is O=C(CN1CCCNCC1)NCC(O)c1ccsc1. The minimum Gasteiger partial charge on any atom is -0.387 e. The lowest BCUT2D eigenvalue weighted by Crippen LogP contribution is -2.40. The van der Waals surface area contributed by atoms with E-state index in [9.17, 15) is 9.90 Å². The van der Waals surface area contributed by atoms with Crippen molar-refractivity contribution in [3.05, 3.63) is 22.4 Å². The minimum absolute atomic E-state index is 0.0174. The molecule has 1 aliphatic heterocycles. The lowest BCUT2D eigenvalue weighted by molar-refractivity contribution is -0.122. The summed E-state index contributed by atoms with van der Waals surface area (Å²) >= 11 is 1.55. The van der Waals surface area contributed by atoms with E-state index < -0.39 is 6.10 Å². The molecule has 1 atom stereocenters. The highest BCUT2D eigenvalue weighted by Gasteiger charge is 2.14. The Balaban J connectivity index is 1.69. The third-order valence-electron chi connectivity index (χ3n) is 3.22.